The SMILES string of the molecule is O=C(Nc1ccc2c(c1)CCC2)c1cccnc1SCc1cc[n+]([O-])cc1. The van der Waals surface area contributed by atoms with Gasteiger partial charge in [-0.25, -0.2) is 4.98 Å². The molecule has 0 aliphatic heterocycles. The summed E-state index contributed by atoms with van der Waals surface area (Å²) in [6, 6.07) is 13.2. The first-order valence-corrected chi connectivity index (χ1v) is 9.86. The molecule has 2 aromatic heterocycles. The molecule has 0 bridgehead atoms. The van der Waals surface area contributed by atoms with E-state index in [0.717, 1.165) is 28.8 Å². The van der Waals surface area contributed by atoms with Gasteiger partial charge >= 0.3 is 0 Å². The minimum absolute atomic E-state index is 0.158. The van der Waals surface area contributed by atoms with E-state index < -0.39 is 0 Å². The Balaban J connectivity index is 1.48. The molecule has 1 aliphatic carbocycles. The average Bonchev–Trinajstić information content (AvgIpc) is 3.15. The Hall–Kier alpha value is -2.86. The molecule has 0 unspecified atom stereocenters. The number of anilines is 1. The fourth-order valence-corrected chi connectivity index (χ4v) is 4.17. The van der Waals surface area contributed by atoms with E-state index in [0.29, 0.717) is 16.3 Å². The summed E-state index contributed by atoms with van der Waals surface area (Å²) in [4.78, 5) is 17.1. The fraction of sp³-hybridized carbons (Fsp3) is 0.190. The standard InChI is InChI=1S/C21H19N3O2S/c25-20(23-18-7-6-16-3-1-4-17(16)13-18)19-5-2-10-22-21(19)27-14-15-8-11-24(26)12-9-15/h2,5-13H,1,3-4,14H2,(H,23,25). The van der Waals surface area contributed by atoms with Crippen molar-refractivity contribution >= 4 is 23.4 Å². The maximum atomic E-state index is 12.8. The second-order valence-corrected chi connectivity index (χ2v) is 7.47. The van der Waals surface area contributed by atoms with Crippen molar-refractivity contribution in [3.05, 3.63) is 88.5 Å². The van der Waals surface area contributed by atoms with Crippen LogP contribution in [0, 0.1) is 5.21 Å². The predicted molar refractivity (Wildman–Crippen MR) is 106 cm³/mol. The third kappa shape index (κ3) is 4.11. The molecule has 4 rings (SSSR count). The summed E-state index contributed by atoms with van der Waals surface area (Å²) in [6.45, 7) is 0. The van der Waals surface area contributed by atoms with Crippen molar-refractivity contribution in [1.29, 1.82) is 0 Å². The van der Waals surface area contributed by atoms with Gasteiger partial charge in [-0.15, -0.1) is 11.8 Å². The maximum absolute atomic E-state index is 12.8. The first-order valence-electron chi connectivity index (χ1n) is 8.88. The Labute approximate surface area is 162 Å². The normalized spacial score (nSPS) is 12.6. The highest BCUT2D eigenvalue weighted by molar-refractivity contribution is 7.98. The van der Waals surface area contributed by atoms with Gasteiger partial charge in [0.25, 0.3) is 5.91 Å². The van der Waals surface area contributed by atoms with Crippen molar-refractivity contribution in [2.75, 3.05) is 5.32 Å². The van der Waals surface area contributed by atoms with Gasteiger partial charge in [-0.3, -0.25) is 4.79 Å². The van der Waals surface area contributed by atoms with E-state index in [1.807, 2.05) is 6.07 Å². The van der Waals surface area contributed by atoms with Crippen molar-refractivity contribution in [3.63, 3.8) is 0 Å². The fourth-order valence-electron chi connectivity index (χ4n) is 3.22. The van der Waals surface area contributed by atoms with E-state index in [-0.39, 0.29) is 5.91 Å². The molecule has 27 heavy (non-hydrogen) atoms. The molecule has 6 heteroatoms. The number of aryl methyl sites for hydroxylation is 2. The smallest absolute Gasteiger partial charge is 0.258 e. The summed E-state index contributed by atoms with van der Waals surface area (Å²) in [7, 11) is 0. The predicted octanol–water partition coefficient (Wildman–Crippen LogP) is 3.75. The molecule has 2 heterocycles. The molecule has 0 saturated carbocycles. The van der Waals surface area contributed by atoms with E-state index >= 15 is 0 Å². The van der Waals surface area contributed by atoms with Gasteiger partial charge in [0.2, 0.25) is 0 Å². The van der Waals surface area contributed by atoms with E-state index in [1.54, 1.807) is 30.5 Å². The number of pyridine rings is 2. The van der Waals surface area contributed by atoms with Gasteiger partial charge in [0.1, 0.15) is 5.03 Å². The zero-order valence-corrected chi connectivity index (χ0v) is 15.5. The Morgan fingerprint density at radius 2 is 1.96 bits per heavy atom. The van der Waals surface area contributed by atoms with Crippen LogP contribution in [0.3, 0.4) is 0 Å². The van der Waals surface area contributed by atoms with Gasteiger partial charge in [0.15, 0.2) is 12.4 Å². The van der Waals surface area contributed by atoms with Crippen molar-refractivity contribution in [2.45, 2.75) is 30.0 Å². The average molecular weight is 377 g/mol. The Kier molecular flexibility index (Phi) is 5.07. The highest BCUT2D eigenvalue weighted by atomic mass is 32.2. The topological polar surface area (TPSA) is 68.9 Å². The van der Waals surface area contributed by atoms with Crippen LogP contribution in [0.25, 0.3) is 0 Å². The lowest BCUT2D eigenvalue weighted by Crippen LogP contribution is -2.23. The van der Waals surface area contributed by atoms with Crippen LogP contribution in [0.1, 0.15) is 33.5 Å². The van der Waals surface area contributed by atoms with Crippen LogP contribution in [0.15, 0.2) is 66.1 Å². The first-order chi connectivity index (χ1) is 13.2. The summed E-state index contributed by atoms with van der Waals surface area (Å²) in [5.74, 6) is 0.478. The lowest BCUT2D eigenvalue weighted by Gasteiger charge is -2.10. The van der Waals surface area contributed by atoms with Gasteiger partial charge < -0.3 is 10.5 Å². The lowest BCUT2D eigenvalue weighted by molar-refractivity contribution is -0.605. The largest absolute Gasteiger partial charge is 0.619 e. The molecule has 5 nitrogen and oxygen atoms in total. The number of benzene rings is 1. The summed E-state index contributed by atoms with van der Waals surface area (Å²) in [6.07, 6.45) is 8.00. The van der Waals surface area contributed by atoms with Crippen molar-refractivity contribution in [3.8, 4) is 0 Å². The van der Waals surface area contributed by atoms with Crippen molar-refractivity contribution in [2.24, 2.45) is 0 Å². The molecule has 1 aromatic carbocycles. The molecule has 1 amide bonds. The Morgan fingerprint density at radius 1 is 1.15 bits per heavy atom. The summed E-state index contributed by atoms with van der Waals surface area (Å²) in [5, 5.41) is 14.8. The van der Waals surface area contributed by atoms with Gasteiger partial charge in [0, 0.05) is 29.8 Å². The van der Waals surface area contributed by atoms with E-state index in [1.165, 1.54) is 41.7 Å². The van der Waals surface area contributed by atoms with Crippen LogP contribution in [-0.2, 0) is 18.6 Å². The molecule has 0 saturated heterocycles. The molecule has 0 fully saturated rings. The van der Waals surface area contributed by atoms with E-state index in [9.17, 15) is 10.0 Å². The second-order valence-electron chi connectivity index (χ2n) is 6.50. The monoisotopic (exact) mass is 377 g/mol. The van der Waals surface area contributed by atoms with Crippen LogP contribution in [-0.4, -0.2) is 10.9 Å². The summed E-state index contributed by atoms with van der Waals surface area (Å²) >= 11 is 1.48. The summed E-state index contributed by atoms with van der Waals surface area (Å²) < 4.78 is 0.754. The van der Waals surface area contributed by atoms with E-state index in [2.05, 4.69) is 22.4 Å². The number of amides is 1. The van der Waals surface area contributed by atoms with Crippen LogP contribution in [0.4, 0.5) is 5.69 Å². The number of hydrogen-bond acceptors (Lipinski definition) is 4. The number of fused-ring (bicyclic) bond motifs is 1. The molecular formula is C21H19N3O2S. The summed E-state index contributed by atoms with van der Waals surface area (Å²) in [5.41, 5.74) is 5.09. The third-order valence-electron chi connectivity index (χ3n) is 4.62. The number of hydrogen-bond donors (Lipinski definition) is 1. The van der Waals surface area contributed by atoms with Gasteiger partial charge in [-0.1, -0.05) is 6.07 Å². The molecule has 1 aliphatic rings. The van der Waals surface area contributed by atoms with Gasteiger partial charge in [-0.2, -0.15) is 4.73 Å². The number of carbonyl (C=O) groups excluding carboxylic acids is 1. The quantitative estimate of drug-likeness (QED) is 0.418. The van der Waals surface area contributed by atoms with Crippen LogP contribution >= 0.6 is 11.8 Å². The number of rotatable bonds is 5. The molecule has 136 valence electrons. The van der Waals surface area contributed by atoms with Crippen molar-refractivity contribution in [1.82, 2.24) is 4.98 Å². The molecule has 3 aromatic rings. The van der Waals surface area contributed by atoms with E-state index in [4.69, 9.17) is 0 Å². The molecule has 1 N–H and O–H groups in total. The number of nitrogens with zero attached hydrogens (tertiary/aromatic N) is 2. The first kappa shape index (κ1) is 17.5. The number of carbonyl (C=O) groups is 1. The highest BCUT2D eigenvalue weighted by Gasteiger charge is 2.15. The lowest BCUT2D eigenvalue weighted by atomic mass is 10.1. The zero-order valence-electron chi connectivity index (χ0n) is 14.7. The highest BCUT2D eigenvalue weighted by Crippen LogP contribution is 2.27. The molecular weight excluding hydrogens is 358 g/mol. The van der Waals surface area contributed by atoms with Gasteiger partial charge in [0.05, 0.1) is 5.56 Å². The van der Waals surface area contributed by atoms with Crippen LogP contribution in [0.5, 0.6) is 0 Å². The minimum atomic E-state index is -0.158. The van der Waals surface area contributed by atoms with Crippen LogP contribution < -0.4 is 10.0 Å². The zero-order chi connectivity index (χ0) is 18.6. The number of thioether (sulfide) groups is 1. The number of nitrogens with one attached hydrogen (secondary N) is 1. The molecule has 0 radical (unpaired) electrons. The van der Waals surface area contributed by atoms with Crippen LogP contribution in [0.2, 0.25) is 0 Å². The number of aromatic nitrogens is 2. The third-order valence-corrected chi connectivity index (χ3v) is 5.70. The minimum Gasteiger partial charge on any atom is -0.619 e. The Morgan fingerprint density at radius 3 is 2.81 bits per heavy atom. The van der Waals surface area contributed by atoms with Gasteiger partial charge in [-0.05, 0) is 60.2 Å². The molecule has 0 spiro atoms. The second kappa shape index (κ2) is 7.80. The maximum Gasteiger partial charge on any atom is 0.258 e. The van der Waals surface area contributed by atoms with Crippen molar-refractivity contribution < 1.29 is 9.52 Å². The Bertz CT molecular complexity index is 973. The molecule has 0 atom stereocenters.